The van der Waals surface area contributed by atoms with Gasteiger partial charge in [0.15, 0.2) is 0 Å². The third-order valence-corrected chi connectivity index (χ3v) is 2.10. The molecule has 2 rings (SSSR count). The summed E-state index contributed by atoms with van der Waals surface area (Å²) < 4.78 is 0. The lowest BCUT2D eigenvalue weighted by Crippen LogP contribution is -2.31. The number of aromatic nitrogens is 2. The van der Waals surface area contributed by atoms with Gasteiger partial charge in [0, 0.05) is 5.39 Å². The molecule has 0 bridgehead atoms. The summed E-state index contributed by atoms with van der Waals surface area (Å²) in [6.07, 6.45) is 1.67. The van der Waals surface area contributed by atoms with Crippen molar-refractivity contribution in [2.45, 2.75) is 26.4 Å². The zero-order chi connectivity index (χ0) is 12.6. The van der Waals surface area contributed by atoms with Gasteiger partial charge in [0.1, 0.15) is 5.60 Å². The van der Waals surface area contributed by atoms with E-state index in [9.17, 15) is 4.79 Å². The lowest BCUT2D eigenvalue weighted by Gasteiger charge is -2.19. The topological polar surface area (TPSA) is 64.3 Å². The maximum atomic E-state index is 10.8. The second-order valence-electron chi connectivity index (χ2n) is 4.81. The third-order valence-electron chi connectivity index (χ3n) is 2.10. The largest absolute Gasteiger partial charge is 0.478 e. The first-order valence-electron chi connectivity index (χ1n) is 5.27. The van der Waals surface area contributed by atoms with Crippen LogP contribution in [0.2, 0.25) is 0 Å². The van der Waals surface area contributed by atoms with Crippen molar-refractivity contribution in [3.05, 3.63) is 30.0 Å². The predicted octanol–water partition coefficient (Wildman–Crippen LogP) is 1.96. The highest BCUT2D eigenvalue weighted by Gasteiger charge is 2.14. The Bertz CT molecular complexity index is 567. The second-order valence-corrected chi connectivity index (χ2v) is 4.81. The van der Waals surface area contributed by atoms with Gasteiger partial charge in [0.2, 0.25) is 0 Å². The molecule has 0 fully saturated rings. The number of hydrogen-bond acceptors (Lipinski definition) is 3. The van der Waals surface area contributed by atoms with Crippen molar-refractivity contribution in [2.24, 2.45) is 0 Å². The Labute approximate surface area is 98.6 Å². The Morgan fingerprint density at radius 1 is 1.41 bits per heavy atom. The molecular weight excluding hydrogens is 220 g/mol. The zero-order valence-corrected chi connectivity index (χ0v) is 9.97. The van der Waals surface area contributed by atoms with E-state index < -0.39 is 5.97 Å². The van der Waals surface area contributed by atoms with Gasteiger partial charge in [-0.05, 0) is 39.0 Å². The van der Waals surface area contributed by atoms with Gasteiger partial charge >= 0.3 is 5.97 Å². The number of carboxylic acid groups (broad SMARTS) is 1. The van der Waals surface area contributed by atoms with E-state index in [1.807, 2.05) is 20.8 Å². The van der Waals surface area contributed by atoms with Gasteiger partial charge in [-0.2, -0.15) is 0 Å². The average molecular weight is 234 g/mol. The molecule has 0 radical (unpaired) electrons. The van der Waals surface area contributed by atoms with Gasteiger partial charge in [0.05, 0.1) is 17.3 Å². The van der Waals surface area contributed by atoms with E-state index in [-0.39, 0.29) is 11.2 Å². The lowest BCUT2D eigenvalue weighted by molar-refractivity contribution is -0.0325. The molecule has 2 aromatic rings. The molecule has 0 aliphatic rings. The third kappa shape index (κ3) is 2.55. The predicted molar refractivity (Wildman–Crippen MR) is 63.0 cm³/mol. The number of benzene rings is 1. The standard InChI is InChI=1S/C12H14N2O3/c1-12(2,3)17-14-7-9-6-8(11(15)16)4-5-10(9)13-14/h4-7H,1-3H3,(H,15,16). The summed E-state index contributed by atoms with van der Waals surface area (Å²) in [6.45, 7) is 5.76. The number of hydrogen-bond donors (Lipinski definition) is 1. The van der Waals surface area contributed by atoms with Crippen LogP contribution in [0.5, 0.6) is 0 Å². The van der Waals surface area contributed by atoms with Crippen LogP contribution in [0.15, 0.2) is 24.4 Å². The molecule has 0 aliphatic heterocycles. The number of nitrogens with zero attached hydrogens (tertiary/aromatic N) is 2. The van der Waals surface area contributed by atoms with Crippen LogP contribution in [0.1, 0.15) is 31.1 Å². The van der Waals surface area contributed by atoms with Crippen molar-refractivity contribution in [3.63, 3.8) is 0 Å². The van der Waals surface area contributed by atoms with Gasteiger partial charge < -0.3 is 9.94 Å². The van der Waals surface area contributed by atoms with E-state index in [0.717, 1.165) is 5.39 Å². The first-order chi connectivity index (χ1) is 7.85. The Hall–Kier alpha value is -2.04. The van der Waals surface area contributed by atoms with Crippen LogP contribution < -0.4 is 4.84 Å². The van der Waals surface area contributed by atoms with Crippen molar-refractivity contribution in [3.8, 4) is 0 Å². The van der Waals surface area contributed by atoms with Crippen LogP contribution in [-0.2, 0) is 0 Å². The van der Waals surface area contributed by atoms with Crippen LogP contribution >= 0.6 is 0 Å². The first-order valence-corrected chi connectivity index (χ1v) is 5.27. The summed E-state index contributed by atoms with van der Waals surface area (Å²) in [7, 11) is 0. The highest BCUT2D eigenvalue weighted by atomic mass is 16.7. The Kier molecular flexibility index (Phi) is 2.53. The van der Waals surface area contributed by atoms with Crippen LogP contribution in [0, 0.1) is 0 Å². The molecule has 0 saturated carbocycles. The molecule has 5 nitrogen and oxygen atoms in total. The number of carboxylic acids is 1. The molecule has 1 aromatic carbocycles. The van der Waals surface area contributed by atoms with Gasteiger partial charge in [-0.15, -0.1) is 9.94 Å². The SMILES string of the molecule is CC(C)(C)On1cc2cc(C(=O)O)ccc2n1. The molecule has 0 unspecified atom stereocenters. The molecule has 1 aromatic heterocycles. The summed E-state index contributed by atoms with van der Waals surface area (Å²) >= 11 is 0. The molecule has 0 saturated heterocycles. The fourth-order valence-electron chi connectivity index (χ4n) is 1.46. The van der Waals surface area contributed by atoms with Crippen molar-refractivity contribution in [1.29, 1.82) is 0 Å². The minimum Gasteiger partial charge on any atom is -0.478 e. The normalized spacial score (nSPS) is 11.7. The van der Waals surface area contributed by atoms with Gasteiger partial charge in [-0.25, -0.2) is 4.79 Å². The van der Waals surface area contributed by atoms with E-state index in [1.165, 1.54) is 10.9 Å². The van der Waals surface area contributed by atoms with Crippen LogP contribution in [0.25, 0.3) is 10.9 Å². The van der Waals surface area contributed by atoms with E-state index in [1.54, 1.807) is 18.3 Å². The Morgan fingerprint density at radius 3 is 2.71 bits per heavy atom. The maximum absolute atomic E-state index is 10.8. The van der Waals surface area contributed by atoms with Gasteiger partial charge in [-0.1, -0.05) is 0 Å². The quantitative estimate of drug-likeness (QED) is 0.862. The van der Waals surface area contributed by atoms with Crippen LogP contribution in [0.3, 0.4) is 0 Å². The van der Waals surface area contributed by atoms with Crippen LogP contribution in [-0.4, -0.2) is 26.6 Å². The monoisotopic (exact) mass is 234 g/mol. The lowest BCUT2D eigenvalue weighted by atomic mass is 10.2. The van der Waals surface area contributed by atoms with Crippen molar-refractivity contribution in [1.82, 2.24) is 9.94 Å². The van der Waals surface area contributed by atoms with E-state index in [4.69, 9.17) is 9.94 Å². The molecule has 0 amide bonds. The van der Waals surface area contributed by atoms with Gasteiger partial charge in [0.25, 0.3) is 0 Å². The fraction of sp³-hybridized carbons (Fsp3) is 0.333. The minimum atomic E-state index is -0.948. The molecule has 1 heterocycles. The van der Waals surface area contributed by atoms with Crippen molar-refractivity contribution >= 4 is 16.9 Å². The molecule has 1 N–H and O–H groups in total. The fourth-order valence-corrected chi connectivity index (χ4v) is 1.46. The molecule has 0 aliphatic carbocycles. The Balaban J connectivity index is 2.40. The van der Waals surface area contributed by atoms with Crippen molar-refractivity contribution in [2.75, 3.05) is 0 Å². The zero-order valence-electron chi connectivity index (χ0n) is 9.97. The first kappa shape index (κ1) is 11.4. The molecule has 90 valence electrons. The van der Waals surface area contributed by atoms with E-state index in [2.05, 4.69) is 5.10 Å². The molecular formula is C12H14N2O3. The summed E-state index contributed by atoms with van der Waals surface area (Å²) in [5.41, 5.74) is 0.601. The minimum absolute atomic E-state index is 0.243. The summed E-state index contributed by atoms with van der Waals surface area (Å²) in [4.78, 5) is 17.7. The molecule has 5 heteroatoms. The van der Waals surface area contributed by atoms with Gasteiger partial charge in [-0.3, -0.25) is 0 Å². The Morgan fingerprint density at radius 2 is 2.12 bits per heavy atom. The van der Waals surface area contributed by atoms with E-state index >= 15 is 0 Å². The summed E-state index contributed by atoms with van der Waals surface area (Å²) in [5.74, 6) is -0.948. The van der Waals surface area contributed by atoms with Crippen molar-refractivity contribution < 1.29 is 14.7 Å². The van der Waals surface area contributed by atoms with E-state index in [0.29, 0.717) is 5.52 Å². The second kappa shape index (κ2) is 3.76. The number of rotatable bonds is 2. The number of fused-ring (bicyclic) bond motifs is 1. The smallest absolute Gasteiger partial charge is 0.335 e. The summed E-state index contributed by atoms with van der Waals surface area (Å²) in [6, 6.07) is 4.77. The molecule has 0 atom stereocenters. The maximum Gasteiger partial charge on any atom is 0.335 e. The molecule has 0 spiro atoms. The highest BCUT2D eigenvalue weighted by Crippen LogP contribution is 2.15. The average Bonchev–Trinajstić information content (AvgIpc) is 2.54. The number of carbonyl (C=O) groups is 1. The van der Waals surface area contributed by atoms with Crippen LogP contribution in [0.4, 0.5) is 0 Å². The number of aromatic carboxylic acids is 1. The molecule has 17 heavy (non-hydrogen) atoms. The highest BCUT2D eigenvalue weighted by molar-refractivity contribution is 5.93. The summed E-state index contributed by atoms with van der Waals surface area (Å²) in [5, 5.41) is 13.8.